The van der Waals surface area contributed by atoms with Crippen molar-refractivity contribution in [1.82, 2.24) is 5.32 Å². The number of rotatable bonds is 9. The molecule has 0 aliphatic rings. The van der Waals surface area contributed by atoms with Crippen LogP contribution in [0.4, 0.5) is 5.69 Å². The van der Waals surface area contributed by atoms with Gasteiger partial charge < -0.3 is 24.3 Å². The Kier molecular flexibility index (Phi) is 7.35. The summed E-state index contributed by atoms with van der Waals surface area (Å²) in [5, 5.41) is 13.5. The van der Waals surface area contributed by atoms with Gasteiger partial charge in [0.15, 0.2) is 18.1 Å². The number of carbonyl (C=O) groups is 2. The van der Waals surface area contributed by atoms with Crippen LogP contribution in [-0.2, 0) is 16.1 Å². The second-order valence-corrected chi connectivity index (χ2v) is 5.66. The molecule has 0 aromatic heterocycles. The van der Waals surface area contributed by atoms with Gasteiger partial charge in [-0.3, -0.25) is 14.9 Å². The number of para-hydroxylation sites is 1. The van der Waals surface area contributed by atoms with Gasteiger partial charge in [0.2, 0.25) is 5.75 Å². The van der Waals surface area contributed by atoms with Crippen molar-refractivity contribution in [2.24, 2.45) is 0 Å². The summed E-state index contributed by atoms with van der Waals surface area (Å²) < 4.78 is 20.6. The summed E-state index contributed by atoms with van der Waals surface area (Å²) in [4.78, 5) is 34.3. The Morgan fingerprint density at radius 2 is 1.66 bits per heavy atom. The molecule has 0 unspecified atom stereocenters. The first-order valence-electron chi connectivity index (χ1n) is 8.37. The number of ether oxygens (including phenoxy) is 4. The minimum Gasteiger partial charge on any atom is -0.493 e. The quantitative estimate of drug-likeness (QED) is 0.382. The van der Waals surface area contributed by atoms with Gasteiger partial charge in [-0.25, -0.2) is 4.79 Å². The molecule has 0 aliphatic carbocycles. The minimum atomic E-state index is -0.958. The van der Waals surface area contributed by atoms with Crippen LogP contribution in [0.1, 0.15) is 15.9 Å². The molecule has 2 aromatic rings. The van der Waals surface area contributed by atoms with Crippen molar-refractivity contribution in [3.8, 4) is 17.2 Å². The number of hydrogen-bond donors (Lipinski definition) is 1. The number of nitrogens with zero attached hydrogens (tertiary/aromatic N) is 1. The van der Waals surface area contributed by atoms with Gasteiger partial charge in [-0.05, 0) is 23.8 Å². The summed E-state index contributed by atoms with van der Waals surface area (Å²) >= 11 is 0. The Bertz CT molecular complexity index is 888. The number of nitro benzene ring substituents is 1. The number of nitrogens with one attached hydrogen (secondary N) is 1. The highest BCUT2D eigenvalue weighted by Gasteiger charge is 2.21. The summed E-state index contributed by atoms with van der Waals surface area (Å²) in [6.07, 6.45) is 0. The maximum atomic E-state index is 12.0. The lowest BCUT2D eigenvalue weighted by Gasteiger charge is -2.14. The van der Waals surface area contributed by atoms with E-state index in [9.17, 15) is 19.7 Å². The summed E-state index contributed by atoms with van der Waals surface area (Å²) in [5.74, 6) is -0.257. The van der Waals surface area contributed by atoms with E-state index in [1.54, 1.807) is 12.1 Å². The zero-order valence-corrected chi connectivity index (χ0v) is 16.1. The fourth-order valence-corrected chi connectivity index (χ4v) is 2.50. The normalized spacial score (nSPS) is 10.0. The van der Waals surface area contributed by atoms with E-state index in [4.69, 9.17) is 18.9 Å². The highest BCUT2D eigenvalue weighted by atomic mass is 16.6. The maximum absolute atomic E-state index is 12.0. The first-order chi connectivity index (χ1) is 13.9. The predicted molar refractivity (Wildman–Crippen MR) is 101 cm³/mol. The molecule has 10 heteroatoms. The van der Waals surface area contributed by atoms with Crippen LogP contribution >= 0.6 is 0 Å². The molecule has 154 valence electrons. The van der Waals surface area contributed by atoms with E-state index in [1.165, 1.54) is 45.6 Å². The van der Waals surface area contributed by atoms with Gasteiger partial charge in [0.25, 0.3) is 11.6 Å². The number of nitro groups is 1. The van der Waals surface area contributed by atoms with Crippen LogP contribution in [0, 0.1) is 10.1 Å². The molecule has 0 fully saturated rings. The Hall–Kier alpha value is -3.82. The summed E-state index contributed by atoms with van der Waals surface area (Å²) in [6, 6.07) is 8.67. The Balaban J connectivity index is 1.97. The van der Waals surface area contributed by atoms with Gasteiger partial charge in [0.05, 0.1) is 26.3 Å². The van der Waals surface area contributed by atoms with Gasteiger partial charge in [-0.2, -0.15) is 0 Å². The SMILES string of the molecule is COc1cc(CNC(=O)COC(=O)c2ccccc2[N+](=O)[O-])cc(OC)c1OC. The van der Waals surface area contributed by atoms with Crippen LogP contribution < -0.4 is 19.5 Å². The number of benzene rings is 2. The summed E-state index contributed by atoms with van der Waals surface area (Å²) in [6.45, 7) is -0.478. The maximum Gasteiger partial charge on any atom is 0.345 e. The van der Waals surface area contributed by atoms with Crippen molar-refractivity contribution in [3.63, 3.8) is 0 Å². The number of carbonyl (C=O) groups excluding carboxylic acids is 2. The molecule has 0 spiro atoms. The lowest BCUT2D eigenvalue weighted by Crippen LogP contribution is -2.28. The van der Waals surface area contributed by atoms with Crippen molar-refractivity contribution in [2.45, 2.75) is 6.54 Å². The highest BCUT2D eigenvalue weighted by molar-refractivity contribution is 5.95. The Morgan fingerprint density at radius 3 is 2.21 bits per heavy atom. The Labute approximate surface area is 166 Å². The van der Waals surface area contributed by atoms with Crippen molar-refractivity contribution >= 4 is 17.6 Å². The molecule has 29 heavy (non-hydrogen) atoms. The molecule has 2 rings (SSSR count). The van der Waals surface area contributed by atoms with Crippen LogP contribution in [0.3, 0.4) is 0 Å². The van der Waals surface area contributed by atoms with E-state index in [-0.39, 0.29) is 12.1 Å². The van der Waals surface area contributed by atoms with Crippen LogP contribution in [-0.4, -0.2) is 44.7 Å². The molecule has 1 amide bonds. The molecule has 10 nitrogen and oxygen atoms in total. The average molecular weight is 404 g/mol. The molecule has 1 N–H and O–H groups in total. The third-order valence-corrected chi connectivity index (χ3v) is 3.87. The summed E-state index contributed by atoms with van der Waals surface area (Å²) in [7, 11) is 4.43. The van der Waals surface area contributed by atoms with E-state index in [0.29, 0.717) is 22.8 Å². The molecule has 0 saturated heterocycles. The van der Waals surface area contributed by atoms with Gasteiger partial charge in [0, 0.05) is 12.6 Å². The van der Waals surface area contributed by atoms with Gasteiger partial charge >= 0.3 is 5.97 Å². The second-order valence-electron chi connectivity index (χ2n) is 5.66. The van der Waals surface area contributed by atoms with Crippen molar-refractivity contribution < 1.29 is 33.5 Å². The van der Waals surface area contributed by atoms with Crippen LogP contribution in [0.25, 0.3) is 0 Å². The zero-order valence-electron chi connectivity index (χ0n) is 16.1. The number of hydrogen-bond acceptors (Lipinski definition) is 8. The molecule has 0 aliphatic heterocycles. The summed E-state index contributed by atoms with van der Waals surface area (Å²) in [5.41, 5.74) is 0.0446. The molecule has 2 aromatic carbocycles. The molecule has 0 atom stereocenters. The van der Waals surface area contributed by atoms with Gasteiger partial charge in [-0.1, -0.05) is 12.1 Å². The van der Waals surface area contributed by atoms with E-state index in [2.05, 4.69) is 5.32 Å². The highest BCUT2D eigenvalue weighted by Crippen LogP contribution is 2.38. The van der Waals surface area contributed by atoms with Crippen molar-refractivity contribution in [3.05, 3.63) is 57.6 Å². The van der Waals surface area contributed by atoms with E-state index >= 15 is 0 Å². The molecule has 0 bridgehead atoms. The van der Waals surface area contributed by atoms with Crippen molar-refractivity contribution in [1.29, 1.82) is 0 Å². The average Bonchev–Trinajstić information content (AvgIpc) is 2.74. The van der Waals surface area contributed by atoms with Crippen LogP contribution in [0.15, 0.2) is 36.4 Å². The van der Waals surface area contributed by atoms with Crippen LogP contribution in [0.2, 0.25) is 0 Å². The number of methoxy groups -OCH3 is 3. The molecule has 0 radical (unpaired) electrons. The smallest absolute Gasteiger partial charge is 0.345 e. The molecule has 0 saturated carbocycles. The lowest BCUT2D eigenvalue weighted by atomic mass is 10.1. The fraction of sp³-hybridized carbons (Fsp3) is 0.263. The van der Waals surface area contributed by atoms with E-state index in [1.807, 2.05) is 0 Å². The van der Waals surface area contributed by atoms with Crippen LogP contribution in [0.5, 0.6) is 17.2 Å². The lowest BCUT2D eigenvalue weighted by molar-refractivity contribution is -0.385. The van der Waals surface area contributed by atoms with E-state index < -0.39 is 29.1 Å². The first-order valence-corrected chi connectivity index (χ1v) is 8.37. The van der Waals surface area contributed by atoms with Crippen molar-refractivity contribution in [2.75, 3.05) is 27.9 Å². The first kappa shape index (κ1) is 21.5. The standard InChI is InChI=1S/C19H20N2O8/c1-26-15-8-12(9-16(27-2)18(15)28-3)10-20-17(22)11-29-19(23)13-6-4-5-7-14(13)21(24)25/h4-9H,10-11H2,1-3H3,(H,20,22). The topological polar surface area (TPSA) is 126 Å². The fourth-order valence-electron chi connectivity index (χ4n) is 2.50. The Morgan fingerprint density at radius 1 is 1.03 bits per heavy atom. The van der Waals surface area contributed by atoms with E-state index in [0.717, 1.165) is 0 Å². The number of amides is 1. The van der Waals surface area contributed by atoms with Gasteiger partial charge in [-0.15, -0.1) is 0 Å². The predicted octanol–water partition coefficient (Wildman–Crippen LogP) is 2.09. The monoisotopic (exact) mass is 404 g/mol. The molecular weight excluding hydrogens is 384 g/mol. The third-order valence-electron chi connectivity index (χ3n) is 3.87. The second kappa shape index (κ2) is 9.93. The zero-order chi connectivity index (χ0) is 21.4. The number of esters is 1. The molecular formula is C19H20N2O8. The largest absolute Gasteiger partial charge is 0.493 e. The van der Waals surface area contributed by atoms with Gasteiger partial charge in [0.1, 0.15) is 5.56 Å². The third kappa shape index (κ3) is 5.34. The molecule has 0 heterocycles. The minimum absolute atomic E-state index is 0.110.